The van der Waals surface area contributed by atoms with Gasteiger partial charge >= 0.3 is 0 Å². The number of hydrogen-bond donors (Lipinski definition) is 3. The Morgan fingerprint density at radius 3 is 2.76 bits per heavy atom. The second-order valence-electron chi connectivity index (χ2n) is 8.49. The normalized spacial score (nSPS) is 25.8. The van der Waals surface area contributed by atoms with E-state index < -0.39 is 16.1 Å². The molecule has 0 amide bonds. The summed E-state index contributed by atoms with van der Waals surface area (Å²) in [6.07, 6.45) is 6.67. The van der Waals surface area contributed by atoms with Crippen molar-refractivity contribution in [3.05, 3.63) is 30.2 Å². The summed E-state index contributed by atoms with van der Waals surface area (Å²) < 4.78 is 24.8. The summed E-state index contributed by atoms with van der Waals surface area (Å²) in [5.41, 5.74) is 1.11. The molecule has 2 aromatic rings. The fourth-order valence-corrected chi connectivity index (χ4v) is 5.26. The molecule has 9 heteroatoms. The highest BCUT2D eigenvalue weighted by molar-refractivity contribution is 7.88. The third kappa shape index (κ3) is 4.23. The zero-order chi connectivity index (χ0) is 20.6. The molecule has 4 rings (SSSR count). The Hall–Kier alpha value is -1.81. The Labute approximate surface area is 171 Å². The van der Waals surface area contributed by atoms with Crippen LogP contribution in [-0.4, -0.2) is 72.4 Å². The van der Waals surface area contributed by atoms with Gasteiger partial charge in [0.1, 0.15) is 5.82 Å². The molecule has 4 heterocycles. The Bertz CT molecular complexity index is 991. The van der Waals surface area contributed by atoms with E-state index in [-0.39, 0.29) is 18.0 Å². The van der Waals surface area contributed by atoms with Gasteiger partial charge in [-0.05, 0) is 44.5 Å². The number of hydrogen-bond acceptors (Lipinski definition) is 7. The second-order valence-corrected chi connectivity index (χ2v) is 10.5. The first kappa shape index (κ1) is 20.5. The van der Waals surface area contributed by atoms with Gasteiger partial charge in [-0.1, -0.05) is 6.92 Å². The number of anilines is 1. The number of β-amino-alcohol motifs (C(OH)–C–C–N with tert-alkyl or cyclic N) is 1. The molecule has 29 heavy (non-hydrogen) atoms. The number of aliphatic hydroxyl groups is 1. The Morgan fingerprint density at radius 2 is 2.07 bits per heavy atom. The highest BCUT2D eigenvalue weighted by Gasteiger charge is 2.33. The summed E-state index contributed by atoms with van der Waals surface area (Å²) in [6.45, 7) is 4.72. The molecule has 0 bridgehead atoms. The van der Waals surface area contributed by atoms with Gasteiger partial charge < -0.3 is 15.7 Å². The fraction of sp³-hybridized carbons (Fsp3) is 0.600. The van der Waals surface area contributed by atoms with Gasteiger partial charge in [0.2, 0.25) is 10.0 Å². The summed E-state index contributed by atoms with van der Waals surface area (Å²) in [6, 6.07) is 3.74. The lowest BCUT2D eigenvalue weighted by Gasteiger charge is -2.35. The van der Waals surface area contributed by atoms with Crippen LogP contribution in [0.2, 0.25) is 0 Å². The quantitative estimate of drug-likeness (QED) is 0.681. The van der Waals surface area contributed by atoms with Crippen LogP contribution in [-0.2, 0) is 15.4 Å². The van der Waals surface area contributed by atoms with E-state index in [0.29, 0.717) is 18.8 Å². The molecule has 0 unspecified atom stereocenters. The first-order chi connectivity index (χ1) is 13.8. The van der Waals surface area contributed by atoms with Crippen molar-refractivity contribution in [3.8, 4) is 0 Å². The molecule has 2 atom stereocenters. The van der Waals surface area contributed by atoms with Crippen molar-refractivity contribution in [2.45, 2.75) is 43.7 Å². The van der Waals surface area contributed by atoms with Crippen molar-refractivity contribution >= 4 is 26.6 Å². The van der Waals surface area contributed by atoms with E-state index in [4.69, 9.17) is 4.98 Å². The van der Waals surface area contributed by atoms with E-state index in [1.165, 1.54) is 10.6 Å². The average molecular weight is 420 g/mol. The van der Waals surface area contributed by atoms with E-state index in [1.54, 1.807) is 0 Å². The second kappa shape index (κ2) is 7.79. The van der Waals surface area contributed by atoms with Crippen LogP contribution in [0.25, 0.3) is 10.8 Å². The molecule has 0 aromatic carbocycles. The van der Waals surface area contributed by atoms with Gasteiger partial charge in [-0.25, -0.2) is 13.4 Å². The molecule has 0 radical (unpaired) electrons. The largest absolute Gasteiger partial charge is 0.390 e. The van der Waals surface area contributed by atoms with Crippen LogP contribution in [0.5, 0.6) is 0 Å². The van der Waals surface area contributed by atoms with Gasteiger partial charge in [0.05, 0.1) is 24.1 Å². The first-order valence-corrected chi connectivity index (χ1v) is 12.0. The fourth-order valence-electron chi connectivity index (χ4n) is 4.40. The minimum atomic E-state index is -3.29. The highest BCUT2D eigenvalue weighted by Crippen LogP contribution is 2.36. The third-order valence-electron chi connectivity index (χ3n) is 6.27. The minimum Gasteiger partial charge on any atom is -0.390 e. The van der Waals surface area contributed by atoms with E-state index in [9.17, 15) is 13.5 Å². The maximum Gasteiger partial charge on any atom is 0.211 e. The number of pyridine rings is 2. The van der Waals surface area contributed by atoms with Crippen LogP contribution in [0, 0.1) is 0 Å². The summed E-state index contributed by atoms with van der Waals surface area (Å²) in [5.74, 6) is 0.682. The standard InChI is InChI=1S/C20H29N5O3S/c1-20(5-8-21-9-6-20)19-15-11-18(23-12-14(15)3-7-22-19)24-16-4-10-25(13-17(16)26)29(2,27)28/h3,7,11-12,16-17,21,26H,4-6,8-10,13H2,1-2H3,(H,23,24)/t16-,17-/m1/s1. The first-order valence-electron chi connectivity index (χ1n) is 10.1. The zero-order valence-electron chi connectivity index (χ0n) is 16.9. The van der Waals surface area contributed by atoms with Crippen molar-refractivity contribution in [3.63, 3.8) is 0 Å². The monoisotopic (exact) mass is 419 g/mol. The van der Waals surface area contributed by atoms with Crippen molar-refractivity contribution in [2.75, 3.05) is 37.8 Å². The molecular formula is C20H29N5O3S. The number of nitrogens with zero attached hydrogens (tertiary/aromatic N) is 3. The molecular weight excluding hydrogens is 390 g/mol. The highest BCUT2D eigenvalue weighted by atomic mass is 32.2. The minimum absolute atomic E-state index is 0.0176. The SMILES string of the molecule is CC1(c2nccc3cnc(N[C@@H]4CCN(S(C)(=O)=O)C[C@H]4O)cc23)CCNCC1. The maximum atomic E-state index is 11.7. The van der Waals surface area contributed by atoms with Crippen molar-refractivity contribution in [2.24, 2.45) is 0 Å². The predicted octanol–water partition coefficient (Wildman–Crippen LogP) is 1.08. The van der Waals surface area contributed by atoms with Crippen LogP contribution in [0.3, 0.4) is 0 Å². The molecule has 0 saturated carbocycles. The van der Waals surface area contributed by atoms with Gasteiger partial charge in [0.25, 0.3) is 0 Å². The number of aromatic nitrogens is 2. The molecule has 2 aromatic heterocycles. The molecule has 2 saturated heterocycles. The molecule has 0 spiro atoms. The number of sulfonamides is 1. The number of aliphatic hydroxyl groups excluding tert-OH is 1. The molecule has 3 N–H and O–H groups in total. The van der Waals surface area contributed by atoms with Crippen molar-refractivity contribution < 1.29 is 13.5 Å². The van der Waals surface area contributed by atoms with Crippen molar-refractivity contribution in [1.29, 1.82) is 0 Å². The van der Waals surface area contributed by atoms with Crippen LogP contribution in [0.4, 0.5) is 5.82 Å². The van der Waals surface area contributed by atoms with E-state index in [2.05, 4.69) is 22.5 Å². The van der Waals surface area contributed by atoms with Gasteiger partial charge in [-0.2, -0.15) is 4.31 Å². The van der Waals surface area contributed by atoms with Crippen LogP contribution in [0.1, 0.15) is 31.9 Å². The summed E-state index contributed by atoms with van der Waals surface area (Å²) in [7, 11) is -3.29. The average Bonchev–Trinajstić information content (AvgIpc) is 2.69. The number of fused-ring (bicyclic) bond motifs is 1. The smallest absolute Gasteiger partial charge is 0.211 e. The molecule has 2 aliphatic heterocycles. The number of piperidine rings is 2. The van der Waals surface area contributed by atoms with E-state index >= 15 is 0 Å². The Morgan fingerprint density at radius 1 is 1.31 bits per heavy atom. The lowest BCUT2D eigenvalue weighted by atomic mass is 9.76. The summed E-state index contributed by atoms with van der Waals surface area (Å²) in [4.78, 5) is 9.25. The van der Waals surface area contributed by atoms with E-state index in [1.807, 2.05) is 24.5 Å². The molecule has 2 aliphatic rings. The van der Waals surface area contributed by atoms with Gasteiger partial charge in [-0.3, -0.25) is 4.98 Å². The van der Waals surface area contributed by atoms with E-state index in [0.717, 1.165) is 42.4 Å². The van der Waals surface area contributed by atoms with Gasteiger partial charge in [-0.15, -0.1) is 0 Å². The summed E-state index contributed by atoms with van der Waals surface area (Å²) >= 11 is 0. The van der Waals surface area contributed by atoms with Crippen LogP contribution >= 0.6 is 0 Å². The molecule has 158 valence electrons. The molecule has 0 aliphatic carbocycles. The number of nitrogens with one attached hydrogen (secondary N) is 2. The zero-order valence-corrected chi connectivity index (χ0v) is 17.7. The van der Waals surface area contributed by atoms with Gasteiger partial charge in [0, 0.05) is 41.7 Å². The number of rotatable bonds is 4. The third-order valence-corrected chi connectivity index (χ3v) is 7.54. The Kier molecular flexibility index (Phi) is 5.50. The lowest BCUT2D eigenvalue weighted by Crippen LogP contribution is -2.51. The lowest BCUT2D eigenvalue weighted by molar-refractivity contribution is 0.0952. The van der Waals surface area contributed by atoms with Crippen molar-refractivity contribution in [1.82, 2.24) is 19.6 Å². The van der Waals surface area contributed by atoms with Crippen LogP contribution < -0.4 is 10.6 Å². The Balaban J connectivity index is 1.59. The molecule has 8 nitrogen and oxygen atoms in total. The predicted molar refractivity (Wildman–Crippen MR) is 113 cm³/mol. The van der Waals surface area contributed by atoms with Crippen LogP contribution in [0.15, 0.2) is 24.5 Å². The topological polar surface area (TPSA) is 107 Å². The summed E-state index contributed by atoms with van der Waals surface area (Å²) in [5, 5.41) is 19.3. The van der Waals surface area contributed by atoms with Gasteiger partial charge in [0.15, 0.2) is 0 Å². The maximum absolute atomic E-state index is 11.7. The molecule has 2 fully saturated rings.